The Morgan fingerprint density at radius 3 is 1.21 bits per heavy atom. The number of rotatable bonds is 10. The Bertz CT molecular complexity index is 2240. The third-order valence-corrected chi connectivity index (χ3v) is 9.92. The average Bonchev–Trinajstić information content (AvgIpc) is 3.06. The molecule has 0 aliphatic heterocycles. The molecule has 0 amide bonds. The summed E-state index contributed by atoms with van der Waals surface area (Å²) >= 11 is 0. The first-order valence-electron chi connectivity index (χ1n) is 13.8. The highest BCUT2D eigenvalue weighted by molar-refractivity contribution is 7.87. The zero-order chi connectivity index (χ0) is 33.3. The van der Waals surface area contributed by atoms with Gasteiger partial charge in [-0.3, -0.25) is 20.2 Å². The van der Waals surface area contributed by atoms with Gasteiger partial charge in [-0.15, -0.1) is 0 Å². The van der Waals surface area contributed by atoms with Crippen molar-refractivity contribution in [2.24, 2.45) is 0 Å². The van der Waals surface area contributed by atoms with Crippen LogP contribution in [-0.2, 0) is 26.7 Å². The van der Waals surface area contributed by atoms with Crippen LogP contribution in [0.4, 0.5) is 11.4 Å². The summed E-state index contributed by atoms with van der Waals surface area (Å²) in [5.41, 5.74) is 0.232. The largest absolute Gasteiger partial charge is 0.379 e. The zero-order valence-electron chi connectivity index (χ0n) is 24.0. The summed E-state index contributed by atoms with van der Waals surface area (Å²) in [6, 6.07) is 29.2. The van der Waals surface area contributed by atoms with Crippen LogP contribution in [0, 0.1) is 20.2 Å². The van der Waals surface area contributed by atoms with Gasteiger partial charge in [0.05, 0.1) is 9.85 Å². The lowest BCUT2D eigenvalue weighted by Gasteiger charge is -2.18. The van der Waals surface area contributed by atoms with Crippen molar-refractivity contribution in [2.45, 2.75) is 16.2 Å². The second-order valence-electron chi connectivity index (χ2n) is 10.3. The number of nitrogens with zero attached hydrogens (tertiary/aromatic N) is 2. The van der Waals surface area contributed by atoms with Gasteiger partial charge in [-0.1, -0.05) is 60.7 Å². The highest BCUT2D eigenvalue weighted by Crippen LogP contribution is 2.38. The molecule has 6 rings (SSSR count). The minimum absolute atomic E-state index is 0.0424. The van der Waals surface area contributed by atoms with Gasteiger partial charge >= 0.3 is 20.2 Å². The molecule has 0 fully saturated rings. The number of hydrogen-bond acceptors (Lipinski definition) is 10. The molecular formula is C33H22N2O10S2. The summed E-state index contributed by atoms with van der Waals surface area (Å²) in [4.78, 5) is 20.3. The number of non-ortho nitro benzene ring substituents is 2. The topological polar surface area (TPSA) is 173 Å². The Hall–Kier alpha value is -5.86. The number of nitro groups is 2. The minimum Gasteiger partial charge on any atom is -0.379 e. The van der Waals surface area contributed by atoms with Crippen LogP contribution in [0.25, 0.3) is 21.5 Å². The van der Waals surface area contributed by atoms with Crippen molar-refractivity contribution in [2.75, 3.05) is 0 Å². The molecule has 0 saturated carbocycles. The molecule has 0 heterocycles. The van der Waals surface area contributed by atoms with Crippen LogP contribution in [0.5, 0.6) is 11.5 Å². The van der Waals surface area contributed by atoms with E-state index in [1.54, 1.807) is 36.4 Å². The quantitative estimate of drug-likeness (QED) is 0.0844. The monoisotopic (exact) mass is 670 g/mol. The molecule has 0 atom stereocenters. The van der Waals surface area contributed by atoms with Crippen molar-refractivity contribution in [3.63, 3.8) is 0 Å². The molecule has 6 aromatic carbocycles. The molecule has 0 saturated heterocycles. The maximum absolute atomic E-state index is 13.4. The van der Waals surface area contributed by atoms with Gasteiger partial charge < -0.3 is 8.37 Å². The first kappa shape index (κ1) is 31.1. The van der Waals surface area contributed by atoms with Crippen molar-refractivity contribution in [1.82, 2.24) is 0 Å². The van der Waals surface area contributed by atoms with E-state index in [0.29, 0.717) is 21.9 Å². The maximum atomic E-state index is 13.4. The Morgan fingerprint density at radius 1 is 0.489 bits per heavy atom. The van der Waals surface area contributed by atoms with Crippen LogP contribution in [0.15, 0.2) is 131 Å². The van der Waals surface area contributed by atoms with Gasteiger partial charge in [0.25, 0.3) is 11.4 Å². The maximum Gasteiger partial charge on any atom is 0.339 e. The fourth-order valence-electron chi connectivity index (χ4n) is 5.13. The van der Waals surface area contributed by atoms with Crippen molar-refractivity contribution in [3.05, 3.63) is 153 Å². The Kier molecular flexibility index (Phi) is 8.05. The molecule has 236 valence electrons. The minimum atomic E-state index is -4.46. The molecule has 0 aliphatic rings. The van der Waals surface area contributed by atoms with Gasteiger partial charge in [0.2, 0.25) is 0 Å². The van der Waals surface area contributed by atoms with E-state index in [4.69, 9.17) is 8.37 Å². The van der Waals surface area contributed by atoms with E-state index in [-0.39, 0.29) is 39.1 Å². The third kappa shape index (κ3) is 6.32. The third-order valence-electron chi connectivity index (χ3n) is 7.42. The second-order valence-corrected chi connectivity index (χ2v) is 13.4. The van der Waals surface area contributed by atoms with Crippen molar-refractivity contribution in [1.29, 1.82) is 0 Å². The smallest absolute Gasteiger partial charge is 0.339 e. The highest BCUT2D eigenvalue weighted by Gasteiger charge is 2.25. The van der Waals surface area contributed by atoms with E-state index in [0.717, 1.165) is 59.3 Å². The van der Waals surface area contributed by atoms with Gasteiger partial charge in [0.15, 0.2) is 0 Å². The molecule has 0 radical (unpaired) electrons. The highest BCUT2D eigenvalue weighted by atomic mass is 32.2. The Balaban J connectivity index is 1.46. The lowest BCUT2D eigenvalue weighted by Crippen LogP contribution is -2.13. The van der Waals surface area contributed by atoms with Gasteiger partial charge in [0, 0.05) is 41.8 Å². The average molecular weight is 671 g/mol. The lowest BCUT2D eigenvalue weighted by molar-refractivity contribution is -0.385. The van der Waals surface area contributed by atoms with Gasteiger partial charge in [-0.25, -0.2) is 0 Å². The molecule has 12 nitrogen and oxygen atoms in total. The molecule has 0 spiro atoms. The summed E-state index contributed by atoms with van der Waals surface area (Å²) in [7, 11) is -8.93. The zero-order valence-corrected chi connectivity index (χ0v) is 25.7. The van der Waals surface area contributed by atoms with Crippen LogP contribution in [0.1, 0.15) is 11.1 Å². The summed E-state index contributed by atoms with van der Waals surface area (Å²) in [5, 5.41) is 24.9. The van der Waals surface area contributed by atoms with E-state index in [9.17, 15) is 37.1 Å². The molecule has 14 heteroatoms. The molecule has 0 bridgehead atoms. The second kappa shape index (κ2) is 12.2. The summed E-state index contributed by atoms with van der Waals surface area (Å²) in [5.74, 6) is -0.0849. The van der Waals surface area contributed by atoms with E-state index < -0.39 is 30.1 Å². The van der Waals surface area contributed by atoms with Gasteiger partial charge in [0.1, 0.15) is 21.3 Å². The molecular weight excluding hydrogens is 649 g/mol. The molecule has 0 N–H and O–H groups in total. The number of benzene rings is 6. The fourth-order valence-corrected chi connectivity index (χ4v) is 7.05. The van der Waals surface area contributed by atoms with Gasteiger partial charge in [-0.2, -0.15) is 16.8 Å². The predicted octanol–water partition coefficient (Wildman–Crippen LogP) is 6.94. The molecule has 0 aliphatic carbocycles. The summed E-state index contributed by atoms with van der Waals surface area (Å²) in [6.45, 7) is 0. The first-order chi connectivity index (χ1) is 22.4. The van der Waals surface area contributed by atoms with E-state index in [1.165, 1.54) is 12.1 Å². The van der Waals surface area contributed by atoms with E-state index >= 15 is 0 Å². The fraction of sp³-hybridized carbons (Fsp3) is 0.0303. The normalized spacial score (nSPS) is 11.7. The van der Waals surface area contributed by atoms with Crippen molar-refractivity contribution in [3.8, 4) is 11.5 Å². The van der Waals surface area contributed by atoms with Crippen LogP contribution in [0.2, 0.25) is 0 Å². The van der Waals surface area contributed by atoms with Crippen LogP contribution in [-0.4, -0.2) is 26.7 Å². The number of nitro benzene ring substituents is 2. The van der Waals surface area contributed by atoms with E-state index in [1.807, 2.05) is 24.3 Å². The van der Waals surface area contributed by atoms with Crippen LogP contribution < -0.4 is 8.37 Å². The van der Waals surface area contributed by atoms with E-state index in [2.05, 4.69) is 0 Å². The Labute approximate surface area is 268 Å². The molecule has 0 unspecified atom stereocenters. The number of hydrogen-bond donors (Lipinski definition) is 0. The summed E-state index contributed by atoms with van der Waals surface area (Å²) in [6.07, 6.45) is -0.0427. The van der Waals surface area contributed by atoms with Crippen molar-refractivity contribution >= 4 is 53.2 Å². The number of fused-ring (bicyclic) bond motifs is 2. The molecule has 6 aromatic rings. The standard InChI is InChI=1S/C33H22N2O10S2/c36-34(37)24-11-15-26(16-12-24)46(40,41)44-32-19-9-22-5-1-3-7-28(22)30(32)21-31-29-8-4-2-6-23(29)10-20-33(31)45-47(42,43)27-17-13-25(14-18-27)35(38)39/h1-20H,21H2. The molecule has 0 aromatic heterocycles. The lowest BCUT2D eigenvalue weighted by atomic mass is 9.93. The van der Waals surface area contributed by atoms with Crippen molar-refractivity contribution < 1.29 is 35.0 Å². The predicted molar refractivity (Wildman–Crippen MR) is 173 cm³/mol. The van der Waals surface area contributed by atoms with Crippen LogP contribution >= 0.6 is 0 Å². The first-order valence-corrected chi connectivity index (χ1v) is 16.6. The Morgan fingerprint density at radius 2 is 0.851 bits per heavy atom. The SMILES string of the molecule is O=[N+]([O-])c1ccc(S(=O)(=O)Oc2ccc3ccccc3c2Cc2c(OS(=O)(=O)c3ccc([N+](=O)[O-])cc3)ccc3ccccc23)cc1. The van der Waals surface area contributed by atoms with Crippen LogP contribution in [0.3, 0.4) is 0 Å². The molecule has 47 heavy (non-hydrogen) atoms. The summed E-state index contributed by atoms with van der Waals surface area (Å²) < 4.78 is 64.8. The van der Waals surface area contributed by atoms with Gasteiger partial charge in [-0.05, 0) is 57.9 Å².